The van der Waals surface area contributed by atoms with Crippen LogP contribution in [-0.2, 0) is 4.74 Å². The van der Waals surface area contributed by atoms with Gasteiger partial charge in [-0.1, -0.05) is 31.5 Å². The molecule has 0 bridgehead atoms. The van der Waals surface area contributed by atoms with E-state index in [-0.39, 0.29) is 0 Å². The molecule has 2 heteroatoms. The summed E-state index contributed by atoms with van der Waals surface area (Å²) in [7, 11) is 0. The van der Waals surface area contributed by atoms with Crippen LogP contribution < -0.4 is 0 Å². The van der Waals surface area contributed by atoms with Crippen molar-refractivity contribution in [1.29, 1.82) is 0 Å². The molecule has 0 aliphatic carbocycles. The van der Waals surface area contributed by atoms with E-state index < -0.39 is 0 Å². The van der Waals surface area contributed by atoms with Gasteiger partial charge in [-0.05, 0) is 30.2 Å². The van der Waals surface area contributed by atoms with Crippen LogP contribution in [0.5, 0.6) is 0 Å². The summed E-state index contributed by atoms with van der Waals surface area (Å²) in [4.78, 5) is 4.39. The molecule has 0 unspecified atom stereocenters. The third-order valence-electron chi connectivity index (χ3n) is 2.58. The second-order valence-corrected chi connectivity index (χ2v) is 3.99. The smallest absolute Gasteiger partial charge is 0.0873 e. The SMILES string of the molecule is CCCCO/C=C/c1cnc2ccccc2c1. The number of unbranched alkanes of at least 4 members (excludes halogenated alkanes) is 1. The molecule has 0 fully saturated rings. The van der Waals surface area contributed by atoms with Crippen LogP contribution in [0, 0.1) is 0 Å². The Labute approximate surface area is 102 Å². The van der Waals surface area contributed by atoms with Crippen molar-refractivity contribution >= 4 is 17.0 Å². The van der Waals surface area contributed by atoms with Crippen molar-refractivity contribution in [3.63, 3.8) is 0 Å². The van der Waals surface area contributed by atoms with Crippen LogP contribution >= 0.6 is 0 Å². The lowest BCUT2D eigenvalue weighted by Crippen LogP contribution is -1.85. The standard InChI is InChI=1S/C15H17NO/c1-2-3-9-17-10-8-13-11-14-6-4-5-7-15(14)16-12-13/h4-8,10-12H,2-3,9H2,1H3/b10-8+. The van der Waals surface area contributed by atoms with Gasteiger partial charge in [-0.15, -0.1) is 0 Å². The van der Waals surface area contributed by atoms with Crippen LogP contribution in [-0.4, -0.2) is 11.6 Å². The average molecular weight is 227 g/mol. The molecule has 0 spiro atoms. The normalized spacial score (nSPS) is 11.1. The highest BCUT2D eigenvalue weighted by molar-refractivity contribution is 5.80. The maximum absolute atomic E-state index is 5.38. The predicted octanol–water partition coefficient (Wildman–Crippen LogP) is 4.02. The first-order chi connectivity index (χ1) is 8.40. The number of fused-ring (bicyclic) bond motifs is 1. The van der Waals surface area contributed by atoms with Crippen molar-refractivity contribution in [1.82, 2.24) is 4.98 Å². The van der Waals surface area contributed by atoms with Gasteiger partial charge in [0.15, 0.2) is 0 Å². The fraction of sp³-hybridized carbons (Fsp3) is 0.267. The molecular formula is C15H17NO. The number of benzene rings is 1. The molecule has 1 aromatic carbocycles. The van der Waals surface area contributed by atoms with Crippen molar-refractivity contribution in [2.75, 3.05) is 6.61 Å². The molecule has 88 valence electrons. The van der Waals surface area contributed by atoms with Crippen molar-refractivity contribution in [3.05, 3.63) is 48.4 Å². The second-order valence-electron chi connectivity index (χ2n) is 3.99. The predicted molar refractivity (Wildman–Crippen MR) is 71.6 cm³/mol. The van der Waals surface area contributed by atoms with E-state index in [4.69, 9.17) is 4.74 Å². The molecule has 0 saturated heterocycles. The number of pyridine rings is 1. The molecule has 0 N–H and O–H groups in total. The van der Waals surface area contributed by atoms with E-state index in [0.717, 1.165) is 35.9 Å². The first kappa shape index (κ1) is 11.6. The topological polar surface area (TPSA) is 22.1 Å². The van der Waals surface area contributed by atoms with Gasteiger partial charge in [-0.3, -0.25) is 4.98 Å². The maximum atomic E-state index is 5.38. The number of nitrogens with zero attached hydrogens (tertiary/aromatic N) is 1. The lowest BCUT2D eigenvalue weighted by Gasteiger charge is -1.99. The van der Waals surface area contributed by atoms with Crippen LogP contribution in [0.3, 0.4) is 0 Å². The van der Waals surface area contributed by atoms with Gasteiger partial charge in [0.05, 0.1) is 18.4 Å². The Kier molecular flexibility index (Phi) is 4.14. The molecule has 17 heavy (non-hydrogen) atoms. The molecule has 2 aromatic rings. The zero-order valence-electron chi connectivity index (χ0n) is 10.1. The summed E-state index contributed by atoms with van der Waals surface area (Å²) >= 11 is 0. The summed E-state index contributed by atoms with van der Waals surface area (Å²) in [5.74, 6) is 0. The molecule has 1 heterocycles. The van der Waals surface area contributed by atoms with Crippen LogP contribution in [0.25, 0.3) is 17.0 Å². The zero-order valence-corrected chi connectivity index (χ0v) is 10.1. The van der Waals surface area contributed by atoms with Gasteiger partial charge in [-0.2, -0.15) is 0 Å². The molecule has 2 nitrogen and oxygen atoms in total. The van der Waals surface area contributed by atoms with E-state index in [1.807, 2.05) is 30.5 Å². The monoisotopic (exact) mass is 227 g/mol. The second kappa shape index (κ2) is 6.04. The highest BCUT2D eigenvalue weighted by Crippen LogP contribution is 2.13. The van der Waals surface area contributed by atoms with Gasteiger partial charge in [0, 0.05) is 11.6 Å². The number of para-hydroxylation sites is 1. The Morgan fingerprint density at radius 3 is 3.06 bits per heavy atom. The molecule has 0 aliphatic rings. The van der Waals surface area contributed by atoms with E-state index in [1.165, 1.54) is 0 Å². The maximum Gasteiger partial charge on any atom is 0.0873 e. The average Bonchev–Trinajstić information content (AvgIpc) is 2.38. The van der Waals surface area contributed by atoms with Gasteiger partial charge in [0.25, 0.3) is 0 Å². The molecule has 0 atom stereocenters. The Morgan fingerprint density at radius 2 is 2.18 bits per heavy atom. The van der Waals surface area contributed by atoms with Gasteiger partial charge in [0.1, 0.15) is 0 Å². The van der Waals surface area contributed by atoms with Gasteiger partial charge >= 0.3 is 0 Å². The minimum Gasteiger partial charge on any atom is -0.501 e. The minimum atomic E-state index is 0.786. The number of ether oxygens (including phenoxy) is 1. The van der Waals surface area contributed by atoms with Crippen LogP contribution in [0.1, 0.15) is 25.3 Å². The fourth-order valence-electron chi connectivity index (χ4n) is 1.60. The van der Waals surface area contributed by atoms with Crippen molar-refractivity contribution in [2.24, 2.45) is 0 Å². The van der Waals surface area contributed by atoms with Crippen LogP contribution in [0.15, 0.2) is 42.8 Å². The minimum absolute atomic E-state index is 0.786. The summed E-state index contributed by atoms with van der Waals surface area (Å²) in [5.41, 5.74) is 2.09. The molecule has 2 rings (SSSR count). The lowest BCUT2D eigenvalue weighted by atomic mass is 10.1. The third-order valence-corrected chi connectivity index (χ3v) is 2.58. The summed E-state index contributed by atoms with van der Waals surface area (Å²) in [5, 5.41) is 1.16. The molecule has 0 aliphatic heterocycles. The fourth-order valence-corrected chi connectivity index (χ4v) is 1.60. The third kappa shape index (κ3) is 3.31. The lowest BCUT2D eigenvalue weighted by molar-refractivity contribution is 0.246. The number of hydrogen-bond acceptors (Lipinski definition) is 2. The Hall–Kier alpha value is -1.83. The summed E-state index contributed by atoms with van der Waals surface area (Å²) in [6, 6.07) is 10.2. The van der Waals surface area contributed by atoms with Gasteiger partial charge < -0.3 is 4.74 Å². The first-order valence-electron chi connectivity index (χ1n) is 6.03. The Bertz CT molecular complexity index is 505. The summed E-state index contributed by atoms with van der Waals surface area (Å²) in [6.45, 7) is 2.94. The molecular weight excluding hydrogens is 210 g/mol. The summed E-state index contributed by atoms with van der Waals surface area (Å²) < 4.78 is 5.38. The van der Waals surface area contributed by atoms with Crippen LogP contribution in [0.2, 0.25) is 0 Å². The van der Waals surface area contributed by atoms with E-state index in [2.05, 4.69) is 24.0 Å². The molecule has 0 saturated carbocycles. The number of rotatable bonds is 5. The Balaban J connectivity index is 2.04. The molecule has 0 amide bonds. The number of aromatic nitrogens is 1. The van der Waals surface area contributed by atoms with E-state index in [1.54, 1.807) is 6.26 Å². The molecule has 1 aromatic heterocycles. The molecule has 0 radical (unpaired) electrons. The summed E-state index contributed by atoms with van der Waals surface area (Å²) in [6.07, 6.45) is 7.82. The van der Waals surface area contributed by atoms with E-state index in [9.17, 15) is 0 Å². The van der Waals surface area contributed by atoms with Crippen LogP contribution in [0.4, 0.5) is 0 Å². The van der Waals surface area contributed by atoms with E-state index >= 15 is 0 Å². The first-order valence-corrected chi connectivity index (χ1v) is 6.03. The number of hydrogen-bond donors (Lipinski definition) is 0. The van der Waals surface area contributed by atoms with Crippen molar-refractivity contribution in [3.8, 4) is 0 Å². The van der Waals surface area contributed by atoms with Crippen molar-refractivity contribution in [2.45, 2.75) is 19.8 Å². The highest BCUT2D eigenvalue weighted by atomic mass is 16.5. The van der Waals surface area contributed by atoms with Gasteiger partial charge in [0.2, 0.25) is 0 Å². The highest BCUT2D eigenvalue weighted by Gasteiger charge is 1.93. The quantitative estimate of drug-likeness (QED) is 0.568. The van der Waals surface area contributed by atoms with E-state index in [0.29, 0.717) is 0 Å². The largest absolute Gasteiger partial charge is 0.501 e. The zero-order chi connectivity index (χ0) is 11.9. The van der Waals surface area contributed by atoms with Gasteiger partial charge in [-0.25, -0.2) is 0 Å². The van der Waals surface area contributed by atoms with Crippen molar-refractivity contribution < 1.29 is 4.74 Å². The Morgan fingerprint density at radius 1 is 1.29 bits per heavy atom.